The van der Waals surface area contributed by atoms with E-state index in [1.807, 2.05) is 30.8 Å². The summed E-state index contributed by atoms with van der Waals surface area (Å²) in [7, 11) is 1.97. The first-order valence-electron chi connectivity index (χ1n) is 6.03. The van der Waals surface area contributed by atoms with Crippen LogP contribution in [0.5, 0.6) is 0 Å². The van der Waals surface area contributed by atoms with Crippen LogP contribution in [-0.4, -0.2) is 15.7 Å². The maximum Gasteiger partial charge on any atom is 0.0738 e. The first-order valence-corrected chi connectivity index (χ1v) is 8.15. The molecule has 2 aromatic rings. The minimum atomic E-state index is 0.267. The fourth-order valence-electron chi connectivity index (χ4n) is 2.19. The van der Waals surface area contributed by atoms with Crippen LogP contribution in [0, 0.1) is 6.92 Å². The fourth-order valence-corrected chi connectivity index (χ4v) is 3.57. The van der Waals surface area contributed by atoms with Gasteiger partial charge in [0.05, 0.1) is 15.9 Å². The lowest BCUT2D eigenvalue weighted by Gasteiger charge is -2.16. The van der Waals surface area contributed by atoms with Gasteiger partial charge in [0.2, 0.25) is 0 Å². The van der Waals surface area contributed by atoms with Crippen LogP contribution in [0.25, 0.3) is 0 Å². The van der Waals surface area contributed by atoms with Gasteiger partial charge in [-0.05, 0) is 40.9 Å². The normalized spacial score (nSPS) is 12.7. The van der Waals surface area contributed by atoms with Crippen molar-refractivity contribution in [1.29, 1.82) is 0 Å². The Morgan fingerprint density at radius 1 is 1.32 bits per heavy atom. The van der Waals surface area contributed by atoms with Crippen LogP contribution in [0.2, 0.25) is 0 Å². The Morgan fingerprint density at radius 3 is 2.53 bits per heavy atom. The molecule has 0 radical (unpaired) electrons. The molecule has 102 valence electrons. The van der Waals surface area contributed by atoms with Crippen molar-refractivity contribution in [2.45, 2.75) is 19.3 Å². The van der Waals surface area contributed by atoms with Gasteiger partial charge >= 0.3 is 0 Å². The molecular weight excluding hydrogens is 391 g/mol. The van der Waals surface area contributed by atoms with Crippen LogP contribution in [0.4, 0.5) is 0 Å². The molecule has 1 unspecified atom stereocenters. The number of benzene rings is 1. The van der Waals surface area contributed by atoms with E-state index in [0.717, 1.165) is 21.1 Å². The summed E-state index contributed by atoms with van der Waals surface area (Å²) in [6.07, 6.45) is 0.865. The summed E-state index contributed by atoms with van der Waals surface area (Å²) in [6.45, 7) is 2.00. The van der Waals surface area contributed by atoms with Gasteiger partial charge in [-0.2, -0.15) is 5.10 Å². The molecule has 1 aromatic carbocycles. The van der Waals surface area contributed by atoms with Crippen LogP contribution < -0.4 is 0 Å². The summed E-state index contributed by atoms with van der Waals surface area (Å²) in [5.74, 6) is 0.850. The summed E-state index contributed by atoms with van der Waals surface area (Å²) in [4.78, 5) is 0. The van der Waals surface area contributed by atoms with Gasteiger partial charge in [-0.3, -0.25) is 4.68 Å². The van der Waals surface area contributed by atoms with Crippen LogP contribution in [0.15, 0.2) is 33.2 Å². The fraction of sp³-hybridized carbons (Fsp3) is 0.357. The number of halogens is 3. The minimum absolute atomic E-state index is 0.267. The zero-order valence-electron chi connectivity index (χ0n) is 10.8. The minimum Gasteiger partial charge on any atom is -0.271 e. The second kappa shape index (κ2) is 6.42. The van der Waals surface area contributed by atoms with E-state index >= 15 is 0 Å². The van der Waals surface area contributed by atoms with E-state index in [4.69, 9.17) is 11.6 Å². The Balaban J connectivity index is 2.32. The molecule has 0 saturated carbocycles. The third-order valence-corrected chi connectivity index (χ3v) is 5.36. The molecule has 0 saturated heterocycles. The van der Waals surface area contributed by atoms with Gasteiger partial charge < -0.3 is 0 Å². The number of nitrogens with zero attached hydrogens (tertiary/aromatic N) is 2. The average molecular weight is 407 g/mol. The van der Waals surface area contributed by atoms with Crippen molar-refractivity contribution in [3.63, 3.8) is 0 Å². The molecule has 0 aliphatic rings. The highest BCUT2D eigenvalue weighted by atomic mass is 79.9. The summed E-state index contributed by atoms with van der Waals surface area (Å²) < 4.78 is 4.11. The summed E-state index contributed by atoms with van der Waals surface area (Å²) in [5, 5.41) is 4.43. The molecule has 19 heavy (non-hydrogen) atoms. The zero-order chi connectivity index (χ0) is 14.0. The molecule has 5 heteroatoms. The molecule has 0 aliphatic carbocycles. The average Bonchev–Trinajstić information content (AvgIpc) is 2.63. The van der Waals surface area contributed by atoms with Gasteiger partial charge in [-0.15, -0.1) is 11.6 Å². The molecule has 0 fully saturated rings. The van der Waals surface area contributed by atoms with Crippen molar-refractivity contribution >= 4 is 43.5 Å². The van der Waals surface area contributed by atoms with E-state index in [-0.39, 0.29) is 5.92 Å². The molecule has 0 N–H and O–H groups in total. The van der Waals surface area contributed by atoms with Gasteiger partial charge in [0.1, 0.15) is 0 Å². The van der Waals surface area contributed by atoms with Gasteiger partial charge in [-0.25, -0.2) is 0 Å². The molecule has 1 heterocycles. The van der Waals surface area contributed by atoms with Crippen LogP contribution in [-0.2, 0) is 13.5 Å². The van der Waals surface area contributed by atoms with Crippen LogP contribution in [0.1, 0.15) is 22.9 Å². The maximum atomic E-state index is 6.17. The molecule has 2 rings (SSSR count). The topological polar surface area (TPSA) is 17.8 Å². The van der Waals surface area contributed by atoms with E-state index < -0.39 is 0 Å². The SMILES string of the molecule is Cc1nn(C)c(CC(CCl)c2ccccc2Br)c1Br. The lowest BCUT2D eigenvalue weighted by atomic mass is 9.96. The second-order valence-corrected chi connectivity index (χ2v) is 6.50. The molecule has 0 spiro atoms. The highest BCUT2D eigenvalue weighted by Gasteiger charge is 2.19. The number of rotatable bonds is 4. The number of hydrogen-bond donors (Lipinski definition) is 0. The number of aromatic nitrogens is 2. The summed E-state index contributed by atoms with van der Waals surface area (Å²) >= 11 is 13.4. The Bertz CT molecular complexity index is 581. The smallest absolute Gasteiger partial charge is 0.0738 e. The van der Waals surface area contributed by atoms with E-state index in [2.05, 4.69) is 49.1 Å². The zero-order valence-corrected chi connectivity index (χ0v) is 14.8. The Hall–Kier alpha value is -0.320. The van der Waals surface area contributed by atoms with E-state index in [9.17, 15) is 0 Å². The highest BCUT2D eigenvalue weighted by molar-refractivity contribution is 9.10. The van der Waals surface area contributed by atoms with Gasteiger partial charge in [0.25, 0.3) is 0 Å². The third kappa shape index (κ3) is 3.23. The lowest BCUT2D eigenvalue weighted by molar-refractivity contribution is 0.655. The van der Waals surface area contributed by atoms with Crippen molar-refractivity contribution in [3.05, 3.63) is 50.2 Å². The van der Waals surface area contributed by atoms with Crippen molar-refractivity contribution in [1.82, 2.24) is 9.78 Å². The first kappa shape index (κ1) is 15.1. The Morgan fingerprint density at radius 2 is 2.00 bits per heavy atom. The third-order valence-electron chi connectivity index (χ3n) is 3.23. The maximum absolute atomic E-state index is 6.17. The summed E-state index contributed by atoms with van der Waals surface area (Å²) in [5.41, 5.74) is 3.43. The van der Waals surface area contributed by atoms with Gasteiger partial charge in [0, 0.05) is 23.3 Å². The molecule has 2 nitrogen and oxygen atoms in total. The molecular formula is C14H15Br2ClN2. The van der Waals surface area contributed by atoms with Crippen molar-refractivity contribution in [3.8, 4) is 0 Å². The second-order valence-electron chi connectivity index (χ2n) is 4.55. The van der Waals surface area contributed by atoms with E-state index in [1.165, 1.54) is 11.3 Å². The number of alkyl halides is 1. The van der Waals surface area contributed by atoms with Gasteiger partial charge in [0.15, 0.2) is 0 Å². The Labute approximate surface area is 135 Å². The number of aryl methyl sites for hydroxylation is 2. The van der Waals surface area contributed by atoms with Crippen molar-refractivity contribution in [2.75, 3.05) is 5.88 Å². The monoisotopic (exact) mass is 404 g/mol. The first-order chi connectivity index (χ1) is 9.04. The molecule has 1 atom stereocenters. The van der Waals surface area contributed by atoms with Crippen molar-refractivity contribution in [2.24, 2.45) is 7.05 Å². The quantitative estimate of drug-likeness (QED) is 0.666. The van der Waals surface area contributed by atoms with Gasteiger partial charge in [-0.1, -0.05) is 34.1 Å². The highest BCUT2D eigenvalue weighted by Crippen LogP contribution is 2.31. The lowest BCUT2D eigenvalue weighted by Crippen LogP contribution is -2.09. The number of hydrogen-bond acceptors (Lipinski definition) is 1. The predicted octanol–water partition coefficient (Wildman–Crippen LogP) is 4.82. The largest absolute Gasteiger partial charge is 0.271 e. The molecule has 0 bridgehead atoms. The van der Waals surface area contributed by atoms with Crippen LogP contribution in [0.3, 0.4) is 0 Å². The molecule has 0 aliphatic heterocycles. The summed E-state index contributed by atoms with van der Waals surface area (Å²) in [6, 6.07) is 8.23. The van der Waals surface area contributed by atoms with E-state index in [0.29, 0.717) is 5.88 Å². The molecule has 0 amide bonds. The molecule has 1 aromatic heterocycles. The van der Waals surface area contributed by atoms with E-state index in [1.54, 1.807) is 0 Å². The Kier molecular flexibility index (Phi) is 5.09. The predicted molar refractivity (Wildman–Crippen MR) is 87.0 cm³/mol. The van der Waals surface area contributed by atoms with Crippen molar-refractivity contribution < 1.29 is 0 Å². The standard InChI is InChI=1S/C14H15Br2ClN2/c1-9-14(16)13(19(2)18-9)7-10(8-17)11-5-3-4-6-12(11)15/h3-6,10H,7-8H2,1-2H3. The van der Waals surface area contributed by atoms with Crippen LogP contribution >= 0.6 is 43.5 Å².